The van der Waals surface area contributed by atoms with Crippen molar-refractivity contribution in [1.29, 1.82) is 0 Å². The van der Waals surface area contributed by atoms with Gasteiger partial charge in [0, 0.05) is 44.1 Å². The van der Waals surface area contributed by atoms with Gasteiger partial charge in [-0.15, -0.1) is 0 Å². The molecule has 3 heteroatoms. The predicted octanol–water partition coefficient (Wildman–Crippen LogP) is 14.9. The molecule has 2 aromatic heterocycles. The molecule has 0 radical (unpaired) electrons. The van der Waals surface area contributed by atoms with Crippen molar-refractivity contribution in [3.05, 3.63) is 218 Å². The van der Waals surface area contributed by atoms with E-state index in [1.54, 1.807) is 0 Å². The highest BCUT2D eigenvalue weighted by atomic mass is 16.3. The van der Waals surface area contributed by atoms with Crippen LogP contribution in [0.1, 0.15) is 11.3 Å². The molecule has 260 valence electrons. The molecule has 0 unspecified atom stereocenters. The van der Waals surface area contributed by atoms with Crippen molar-refractivity contribution in [2.75, 3.05) is 4.90 Å². The molecule has 8 aromatic carbocycles. The maximum Gasteiger partial charge on any atom is 0.142 e. The molecule has 10 rings (SSSR count). The summed E-state index contributed by atoms with van der Waals surface area (Å²) >= 11 is 0. The van der Waals surface area contributed by atoms with Gasteiger partial charge in [0.25, 0.3) is 0 Å². The molecule has 0 aliphatic heterocycles. The third-order valence-corrected chi connectivity index (χ3v) is 10.4. The maximum absolute atomic E-state index is 6.75. The predicted molar refractivity (Wildman–Crippen MR) is 230 cm³/mol. The quantitative estimate of drug-likeness (QED) is 0.147. The van der Waals surface area contributed by atoms with Gasteiger partial charge >= 0.3 is 0 Å². The maximum atomic E-state index is 6.75. The minimum Gasteiger partial charge on any atom is -0.456 e. The minimum atomic E-state index is 0.781. The first-order chi connectivity index (χ1) is 27.2. The van der Waals surface area contributed by atoms with Gasteiger partial charge in [-0.05, 0) is 82.2 Å². The fourth-order valence-corrected chi connectivity index (χ4v) is 7.81. The first-order valence-corrected chi connectivity index (χ1v) is 18.5. The average Bonchev–Trinajstić information content (AvgIpc) is 3.86. The van der Waals surface area contributed by atoms with E-state index in [4.69, 9.17) is 8.83 Å². The van der Waals surface area contributed by atoms with Gasteiger partial charge in [0.2, 0.25) is 0 Å². The van der Waals surface area contributed by atoms with E-state index in [1.807, 2.05) is 24.3 Å². The van der Waals surface area contributed by atoms with Crippen molar-refractivity contribution in [1.82, 2.24) is 0 Å². The van der Waals surface area contributed by atoms with Crippen LogP contribution in [0.25, 0.3) is 71.5 Å². The van der Waals surface area contributed by atoms with Crippen LogP contribution in [0.3, 0.4) is 0 Å². The molecule has 0 aliphatic carbocycles. The third kappa shape index (κ3) is 5.80. The molecule has 0 spiro atoms. The van der Waals surface area contributed by atoms with Crippen LogP contribution >= 0.6 is 0 Å². The summed E-state index contributed by atoms with van der Waals surface area (Å²) in [7, 11) is 0. The van der Waals surface area contributed by atoms with Crippen LogP contribution in [0.15, 0.2) is 216 Å². The van der Waals surface area contributed by atoms with E-state index in [0.717, 1.165) is 83.2 Å². The van der Waals surface area contributed by atoms with Crippen LogP contribution in [0.4, 0.5) is 17.1 Å². The summed E-state index contributed by atoms with van der Waals surface area (Å²) < 4.78 is 13.0. The fourth-order valence-electron chi connectivity index (χ4n) is 7.81. The average molecular weight is 706 g/mol. The zero-order valence-electron chi connectivity index (χ0n) is 30.0. The van der Waals surface area contributed by atoms with Crippen LogP contribution in [-0.2, 0) is 0 Å². The summed E-state index contributed by atoms with van der Waals surface area (Å²) in [5.41, 5.74) is 12.3. The van der Waals surface area contributed by atoms with Gasteiger partial charge in [0.15, 0.2) is 0 Å². The Hall–Kier alpha value is -7.36. The summed E-state index contributed by atoms with van der Waals surface area (Å²) in [6, 6.07) is 66.1. The molecule has 0 aliphatic rings. The van der Waals surface area contributed by atoms with Crippen LogP contribution in [0.5, 0.6) is 0 Å². The van der Waals surface area contributed by atoms with E-state index in [-0.39, 0.29) is 0 Å². The van der Waals surface area contributed by atoms with Crippen LogP contribution in [0.2, 0.25) is 0 Å². The molecule has 0 atom stereocenters. The van der Waals surface area contributed by atoms with Crippen molar-refractivity contribution in [3.63, 3.8) is 0 Å². The second-order valence-corrected chi connectivity index (χ2v) is 13.8. The highest BCUT2D eigenvalue weighted by Gasteiger charge is 2.22. The number of furan rings is 2. The number of para-hydroxylation sites is 2. The Balaban J connectivity index is 1.13. The molecule has 0 N–H and O–H groups in total. The Morgan fingerprint density at radius 3 is 1.95 bits per heavy atom. The van der Waals surface area contributed by atoms with Crippen LogP contribution < -0.4 is 4.90 Å². The van der Waals surface area contributed by atoms with Gasteiger partial charge in [-0.2, -0.15) is 0 Å². The zero-order chi connectivity index (χ0) is 36.7. The van der Waals surface area contributed by atoms with Gasteiger partial charge in [-0.1, -0.05) is 152 Å². The van der Waals surface area contributed by atoms with Gasteiger partial charge in [0.05, 0.1) is 5.69 Å². The normalized spacial score (nSPS) is 11.8. The highest BCUT2D eigenvalue weighted by molar-refractivity contribution is 6.08. The number of hydrogen-bond donors (Lipinski definition) is 0. The van der Waals surface area contributed by atoms with E-state index >= 15 is 0 Å². The van der Waals surface area contributed by atoms with Crippen molar-refractivity contribution < 1.29 is 8.83 Å². The van der Waals surface area contributed by atoms with E-state index < -0.39 is 0 Å². The SMILES string of the molecule is C=C/C=C(\c1cc2ccc3ccccc3c2o1)c1ccccc1N(c1ccc(-c2cccc(-c3ccccc3)c2)cc1)c1ccc2oc3ccccc3c2c1. The molecule has 0 bridgehead atoms. The topological polar surface area (TPSA) is 29.5 Å². The largest absolute Gasteiger partial charge is 0.456 e. The lowest BCUT2D eigenvalue weighted by Crippen LogP contribution is -2.12. The number of allylic oxidation sites excluding steroid dienone is 2. The highest BCUT2D eigenvalue weighted by Crippen LogP contribution is 2.44. The Bertz CT molecular complexity index is 3050. The lowest BCUT2D eigenvalue weighted by atomic mass is 9.97. The van der Waals surface area contributed by atoms with Gasteiger partial charge in [-0.3, -0.25) is 0 Å². The van der Waals surface area contributed by atoms with E-state index in [1.165, 1.54) is 16.7 Å². The Kier molecular flexibility index (Phi) is 7.96. The first-order valence-electron chi connectivity index (χ1n) is 18.5. The van der Waals surface area contributed by atoms with Crippen molar-refractivity contribution in [3.8, 4) is 22.3 Å². The lowest BCUT2D eigenvalue weighted by Gasteiger charge is -2.28. The van der Waals surface area contributed by atoms with Crippen LogP contribution in [-0.4, -0.2) is 0 Å². The Morgan fingerprint density at radius 2 is 1.11 bits per heavy atom. The fraction of sp³-hybridized carbons (Fsp3) is 0. The molecule has 2 heterocycles. The number of rotatable bonds is 8. The Morgan fingerprint density at radius 1 is 0.455 bits per heavy atom. The van der Waals surface area contributed by atoms with Gasteiger partial charge in [-0.25, -0.2) is 0 Å². The summed E-state index contributed by atoms with van der Waals surface area (Å²) in [6.07, 6.45) is 3.89. The van der Waals surface area contributed by atoms with E-state index in [9.17, 15) is 0 Å². The molecule has 0 fully saturated rings. The number of fused-ring (bicyclic) bond motifs is 6. The lowest BCUT2D eigenvalue weighted by molar-refractivity contribution is 0.603. The molecular formula is C52H35NO2. The molecule has 0 amide bonds. The van der Waals surface area contributed by atoms with Crippen LogP contribution in [0, 0.1) is 0 Å². The van der Waals surface area contributed by atoms with Gasteiger partial charge in [0.1, 0.15) is 22.5 Å². The smallest absolute Gasteiger partial charge is 0.142 e. The molecular weight excluding hydrogens is 671 g/mol. The Labute approximate surface area is 319 Å². The summed E-state index contributed by atoms with van der Waals surface area (Å²) in [5, 5.41) is 5.45. The molecule has 0 saturated carbocycles. The monoisotopic (exact) mass is 705 g/mol. The van der Waals surface area contributed by atoms with Crippen molar-refractivity contribution in [2.24, 2.45) is 0 Å². The summed E-state index contributed by atoms with van der Waals surface area (Å²) in [6.45, 7) is 4.13. The van der Waals surface area contributed by atoms with Crippen molar-refractivity contribution in [2.45, 2.75) is 0 Å². The number of benzene rings is 8. The zero-order valence-corrected chi connectivity index (χ0v) is 30.0. The number of hydrogen-bond acceptors (Lipinski definition) is 3. The molecule has 10 aromatic rings. The second kappa shape index (κ2) is 13.6. The molecule has 55 heavy (non-hydrogen) atoms. The number of nitrogens with zero attached hydrogens (tertiary/aromatic N) is 1. The van der Waals surface area contributed by atoms with E-state index in [0.29, 0.717) is 0 Å². The van der Waals surface area contributed by atoms with Gasteiger partial charge < -0.3 is 13.7 Å². The second-order valence-electron chi connectivity index (χ2n) is 13.8. The van der Waals surface area contributed by atoms with E-state index in [2.05, 4.69) is 187 Å². The molecule has 3 nitrogen and oxygen atoms in total. The van der Waals surface area contributed by atoms with Crippen molar-refractivity contribution >= 4 is 66.3 Å². The number of anilines is 3. The minimum absolute atomic E-state index is 0.781. The third-order valence-electron chi connectivity index (χ3n) is 10.4. The summed E-state index contributed by atoms with van der Waals surface area (Å²) in [5.74, 6) is 0.781. The summed E-state index contributed by atoms with van der Waals surface area (Å²) in [4.78, 5) is 2.33. The first kappa shape index (κ1) is 32.3. The standard InChI is InChI=1S/C52H35NO2/c1-2-13-45(51-33-40-25-24-37-16-6-7-19-43(37)52(40)55-51)44-20-8-10-22-48(44)53(42-30-31-50-47(34-42)46-21-9-11-23-49(46)54-50)41-28-26-36(27-29-41)39-18-12-17-38(32-39)35-14-4-3-5-15-35/h2-34H,1H2/b45-13-. The molecule has 0 saturated heterocycles.